The van der Waals surface area contributed by atoms with Crippen LogP contribution in [0.2, 0.25) is 0 Å². The number of amides is 3. The smallest absolute Gasteiger partial charge is 0.246 e. The summed E-state index contributed by atoms with van der Waals surface area (Å²) < 4.78 is 0. The van der Waals surface area contributed by atoms with Gasteiger partial charge < -0.3 is 26.2 Å². The molecule has 2 unspecified atom stereocenters. The Bertz CT molecular complexity index is 530. The lowest BCUT2D eigenvalue weighted by atomic mass is 9.85. The maximum Gasteiger partial charge on any atom is 0.246 e. The van der Waals surface area contributed by atoms with E-state index in [-0.39, 0.29) is 42.9 Å². The molecule has 0 aromatic heterocycles. The quantitative estimate of drug-likeness (QED) is 0.544. The van der Waals surface area contributed by atoms with Crippen molar-refractivity contribution in [1.29, 1.82) is 0 Å². The molecule has 0 aromatic carbocycles. The summed E-state index contributed by atoms with van der Waals surface area (Å²) in [5, 5.41) is 5.68. The van der Waals surface area contributed by atoms with Crippen molar-refractivity contribution < 1.29 is 14.4 Å². The van der Waals surface area contributed by atoms with Gasteiger partial charge in [-0.1, -0.05) is 20.8 Å². The van der Waals surface area contributed by atoms with Crippen molar-refractivity contribution in [3.8, 4) is 0 Å². The molecule has 8 heteroatoms. The van der Waals surface area contributed by atoms with Crippen LogP contribution in [-0.4, -0.2) is 78.9 Å². The van der Waals surface area contributed by atoms with Crippen molar-refractivity contribution in [3.63, 3.8) is 0 Å². The van der Waals surface area contributed by atoms with Crippen LogP contribution in [-0.2, 0) is 14.4 Å². The van der Waals surface area contributed by atoms with Crippen LogP contribution >= 0.6 is 0 Å². The topological polar surface area (TPSA) is 108 Å². The van der Waals surface area contributed by atoms with Gasteiger partial charge in [-0.15, -0.1) is 0 Å². The van der Waals surface area contributed by atoms with Gasteiger partial charge in [0.1, 0.15) is 6.04 Å². The Hall–Kier alpha value is -1.67. The molecule has 0 radical (unpaired) electrons. The van der Waals surface area contributed by atoms with Crippen LogP contribution in [0.3, 0.4) is 0 Å². The molecule has 4 N–H and O–H groups in total. The molecule has 1 rings (SSSR count). The Kier molecular flexibility index (Phi) is 8.68. The summed E-state index contributed by atoms with van der Waals surface area (Å²) >= 11 is 0. The number of nitrogens with zero attached hydrogens (tertiary/aromatic N) is 2. The van der Waals surface area contributed by atoms with E-state index in [1.54, 1.807) is 11.9 Å². The predicted octanol–water partition coefficient (Wildman–Crippen LogP) is -0.0766. The number of carbonyl (C=O) groups excluding carboxylic acids is 3. The highest BCUT2D eigenvalue weighted by Crippen LogP contribution is 2.26. The molecule has 8 nitrogen and oxygen atoms in total. The van der Waals surface area contributed by atoms with Crippen molar-refractivity contribution in [2.24, 2.45) is 11.1 Å². The van der Waals surface area contributed by atoms with Gasteiger partial charge >= 0.3 is 0 Å². The first-order valence-corrected chi connectivity index (χ1v) is 9.76. The standard InChI is InChI=1S/C19H37N5O3/c1-13(2)24(16(26)10-20)12-14-8-7-9-23(14)18(27)17(19(3,4)5)22-15(25)11-21-6/h13-14,17,21H,7-12,20H2,1-6H3,(H,22,25). The van der Waals surface area contributed by atoms with Crippen LogP contribution in [0.1, 0.15) is 47.5 Å². The molecule has 3 amide bonds. The summed E-state index contributed by atoms with van der Waals surface area (Å²) in [5.74, 6) is -0.402. The number of likely N-dealkylation sites (N-methyl/N-ethyl adjacent to an activating group) is 1. The number of carbonyl (C=O) groups is 3. The van der Waals surface area contributed by atoms with E-state index in [1.165, 1.54) is 0 Å². The number of rotatable bonds is 8. The number of nitrogens with one attached hydrogen (secondary N) is 2. The molecule has 0 aromatic rings. The summed E-state index contributed by atoms with van der Waals surface area (Å²) in [5.41, 5.74) is 5.12. The van der Waals surface area contributed by atoms with Crippen molar-refractivity contribution in [1.82, 2.24) is 20.4 Å². The zero-order chi connectivity index (χ0) is 20.8. The molecule has 156 valence electrons. The van der Waals surface area contributed by atoms with Crippen molar-refractivity contribution in [2.45, 2.75) is 65.6 Å². The summed E-state index contributed by atoms with van der Waals surface area (Å²) in [6.07, 6.45) is 1.73. The van der Waals surface area contributed by atoms with Crippen LogP contribution in [0.15, 0.2) is 0 Å². The van der Waals surface area contributed by atoms with Crippen LogP contribution in [0.4, 0.5) is 0 Å². The van der Waals surface area contributed by atoms with E-state index in [0.29, 0.717) is 13.1 Å². The Labute approximate surface area is 163 Å². The van der Waals surface area contributed by atoms with Gasteiger partial charge in [0.25, 0.3) is 0 Å². The maximum absolute atomic E-state index is 13.3. The second-order valence-electron chi connectivity index (χ2n) is 8.57. The molecule has 27 heavy (non-hydrogen) atoms. The minimum absolute atomic E-state index is 0.0207. The van der Waals surface area contributed by atoms with Crippen LogP contribution in [0, 0.1) is 5.41 Å². The number of hydrogen-bond acceptors (Lipinski definition) is 5. The first-order valence-electron chi connectivity index (χ1n) is 9.76. The molecule has 0 aliphatic carbocycles. The highest BCUT2D eigenvalue weighted by atomic mass is 16.2. The molecule has 0 bridgehead atoms. The van der Waals surface area contributed by atoms with Gasteiger partial charge in [0.05, 0.1) is 13.1 Å². The summed E-state index contributed by atoms with van der Waals surface area (Å²) in [7, 11) is 1.69. The van der Waals surface area contributed by atoms with Crippen LogP contribution in [0.5, 0.6) is 0 Å². The first-order chi connectivity index (χ1) is 12.5. The van der Waals surface area contributed by atoms with E-state index < -0.39 is 11.5 Å². The summed E-state index contributed by atoms with van der Waals surface area (Å²) in [6.45, 7) is 11.0. The van der Waals surface area contributed by atoms with Gasteiger partial charge in [-0.2, -0.15) is 0 Å². The summed E-state index contributed by atoms with van der Waals surface area (Å²) in [4.78, 5) is 41.1. The van der Waals surface area contributed by atoms with Crippen molar-refractivity contribution >= 4 is 17.7 Å². The second-order valence-corrected chi connectivity index (χ2v) is 8.57. The molecule has 0 saturated carbocycles. The van der Waals surface area contributed by atoms with Gasteiger partial charge in [0.2, 0.25) is 17.7 Å². The number of likely N-dealkylation sites (tertiary alicyclic amines) is 1. The zero-order valence-corrected chi connectivity index (χ0v) is 17.7. The van der Waals surface area contributed by atoms with E-state index >= 15 is 0 Å². The summed E-state index contributed by atoms with van der Waals surface area (Å²) in [6, 6.07) is -0.648. The normalized spacial score (nSPS) is 18.5. The third-order valence-electron chi connectivity index (χ3n) is 4.94. The largest absolute Gasteiger partial charge is 0.343 e. The minimum Gasteiger partial charge on any atom is -0.343 e. The fraction of sp³-hybridized carbons (Fsp3) is 0.842. The zero-order valence-electron chi connectivity index (χ0n) is 17.7. The van der Waals surface area contributed by atoms with Gasteiger partial charge in [0.15, 0.2) is 0 Å². The second kappa shape index (κ2) is 10.0. The van der Waals surface area contributed by atoms with Gasteiger partial charge in [-0.05, 0) is 39.2 Å². The van der Waals surface area contributed by atoms with E-state index in [2.05, 4.69) is 10.6 Å². The van der Waals surface area contributed by atoms with E-state index in [9.17, 15) is 14.4 Å². The predicted molar refractivity (Wildman–Crippen MR) is 106 cm³/mol. The average molecular weight is 384 g/mol. The molecule has 1 saturated heterocycles. The number of nitrogens with two attached hydrogens (primary N) is 1. The molecule has 1 aliphatic heterocycles. The average Bonchev–Trinajstić information content (AvgIpc) is 3.03. The van der Waals surface area contributed by atoms with Gasteiger partial charge in [-0.3, -0.25) is 14.4 Å². The molecule has 1 aliphatic rings. The molecular formula is C19H37N5O3. The Morgan fingerprint density at radius 3 is 2.37 bits per heavy atom. The fourth-order valence-corrected chi connectivity index (χ4v) is 3.45. The lowest BCUT2D eigenvalue weighted by Gasteiger charge is -2.38. The van der Waals surface area contributed by atoms with Crippen molar-refractivity contribution in [3.05, 3.63) is 0 Å². The molecule has 1 fully saturated rings. The fourth-order valence-electron chi connectivity index (χ4n) is 3.45. The monoisotopic (exact) mass is 383 g/mol. The third kappa shape index (κ3) is 6.46. The van der Waals surface area contributed by atoms with E-state index in [4.69, 9.17) is 5.73 Å². The maximum atomic E-state index is 13.3. The highest BCUT2D eigenvalue weighted by Gasteiger charge is 2.40. The highest BCUT2D eigenvalue weighted by molar-refractivity contribution is 5.89. The molecule has 0 spiro atoms. The van der Waals surface area contributed by atoms with E-state index in [1.807, 2.05) is 39.5 Å². The third-order valence-corrected chi connectivity index (χ3v) is 4.94. The van der Waals surface area contributed by atoms with Crippen LogP contribution < -0.4 is 16.4 Å². The van der Waals surface area contributed by atoms with Crippen molar-refractivity contribution in [2.75, 3.05) is 33.2 Å². The lowest BCUT2D eigenvalue weighted by Crippen LogP contribution is -2.58. The SMILES string of the molecule is CNCC(=O)NC(C(=O)N1CCCC1CN(C(=O)CN)C(C)C)C(C)(C)C. The first kappa shape index (κ1) is 23.4. The molecular weight excluding hydrogens is 346 g/mol. The Morgan fingerprint density at radius 1 is 1.26 bits per heavy atom. The lowest BCUT2D eigenvalue weighted by molar-refractivity contribution is -0.142. The minimum atomic E-state index is -0.614. The molecule has 1 heterocycles. The Morgan fingerprint density at radius 2 is 1.89 bits per heavy atom. The number of hydrogen-bond donors (Lipinski definition) is 3. The van der Waals surface area contributed by atoms with E-state index in [0.717, 1.165) is 12.8 Å². The van der Waals surface area contributed by atoms with Gasteiger partial charge in [0, 0.05) is 25.2 Å². The van der Waals surface area contributed by atoms with Crippen LogP contribution in [0.25, 0.3) is 0 Å². The van der Waals surface area contributed by atoms with Gasteiger partial charge in [-0.25, -0.2) is 0 Å². The Balaban J connectivity index is 2.96. The molecule has 2 atom stereocenters.